The van der Waals surface area contributed by atoms with Gasteiger partial charge in [-0.1, -0.05) is 0 Å². The summed E-state index contributed by atoms with van der Waals surface area (Å²) in [5, 5.41) is 16.7. The molecular weight excluding hydrogens is 136 g/mol. The van der Waals surface area contributed by atoms with Gasteiger partial charge in [-0.2, -0.15) is 0 Å². The van der Waals surface area contributed by atoms with Gasteiger partial charge in [0.25, 0.3) is 0 Å². The number of aliphatic hydroxyl groups is 2. The van der Waals surface area contributed by atoms with Crippen LogP contribution in [0.1, 0.15) is 0 Å². The van der Waals surface area contributed by atoms with Crippen LogP contribution in [0, 0.1) is 0 Å². The fourth-order valence-electron chi connectivity index (χ4n) is 0.556. The van der Waals surface area contributed by atoms with Crippen molar-refractivity contribution in [2.75, 3.05) is 26.3 Å². The van der Waals surface area contributed by atoms with Crippen molar-refractivity contribution in [3.8, 4) is 0 Å². The molecule has 0 spiro atoms. The van der Waals surface area contributed by atoms with Gasteiger partial charge in [-0.15, -0.1) is 0 Å². The van der Waals surface area contributed by atoms with Crippen molar-refractivity contribution in [1.29, 1.82) is 0 Å². The Morgan fingerprint density at radius 2 is 1.70 bits per heavy atom. The lowest BCUT2D eigenvalue weighted by Gasteiger charge is -2.16. The first-order valence-corrected chi connectivity index (χ1v) is 2.94. The van der Waals surface area contributed by atoms with E-state index in [0.29, 0.717) is 0 Å². The average molecular weight is 147 g/mol. The second-order valence-electron chi connectivity index (χ2n) is 1.74. The minimum atomic E-state index is -0.872. The number of nitrogens with one attached hydrogen (secondary N) is 1. The summed E-state index contributed by atoms with van der Waals surface area (Å²) in [6.45, 7) is -0.124. The van der Waals surface area contributed by atoms with Crippen LogP contribution in [0.15, 0.2) is 0 Å². The van der Waals surface area contributed by atoms with Crippen molar-refractivity contribution in [3.05, 3.63) is 0 Å². The topological polar surface area (TPSA) is 84.6 Å². The first-order valence-electron chi connectivity index (χ1n) is 2.94. The Balaban J connectivity index is 3.61. The summed E-state index contributed by atoms with van der Waals surface area (Å²) < 4.78 is 0. The molecule has 0 aliphatic heterocycles. The monoisotopic (exact) mass is 147 g/mol. The number of hydrogen-bond donors (Lipinski definition) is 2. The highest BCUT2D eigenvalue weighted by molar-refractivity contribution is 5.71. The summed E-state index contributed by atoms with van der Waals surface area (Å²) in [4.78, 5) is 11.3. The Labute approximate surface area is 59.0 Å². The second kappa shape index (κ2) is 5.01. The van der Waals surface area contributed by atoms with Gasteiger partial charge >= 0.3 is 6.03 Å². The van der Waals surface area contributed by atoms with Crippen molar-refractivity contribution < 1.29 is 15.0 Å². The molecule has 5 heteroatoms. The molecule has 0 atom stereocenters. The Morgan fingerprint density at radius 1 is 1.30 bits per heavy atom. The molecule has 0 saturated heterocycles. The smallest absolute Gasteiger partial charge is 0.336 e. The molecule has 1 radical (unpaired) electrons. The van der Waals surface area contributed by atoms with Crippen LogP contribution in [0.2, 0.25) is 0 Å². The summed E-state index contributed by atoms with van der Waals surface area (Å²) in [5.41, 5.74) is 6.61. The Hall–Kier alpha value is -0.810. The minimum absolute atomic E-state index is 0.114. The fraction of sp³-hybridized carbons (Fsp3) is 0.800. The first-order chi connectivity index (χ1) is 4.72. The zero-order chi connectivity index (χ0) is 7.98. The third-order valence-electron chi connectivity index (χ3n) is 1.03. The molecule has 10 heavy (non-hydrogen) atoms. The molecule has 0 unspecified atom stereocenters. The summed E-state index contributed by atoms with van der Waals surface area (Å²) in [6, 6.07) is -0.872. The van der Waals surface area contributed by atoms with E-state index in [4.69, 9.17) is 15.9 Å². The molecule has 0 heterocycles. The van der Waals surface area contributed by atoms with E-state index in [1.54, 1.807) is 0 Å². The van der Waals surface area contributed by atoms with E-state index in [1.807, 2.05) is 0 Å². The number of urea groups is 1. The van der Waals surface area contributed by atoms with E-state index in [0.717, 1.165) is 4.90 Å². The maximum absolute atomic E-state index is 10.3. The molecule has 0 rings (SSSR count). The van der Waals surface area contributed by atoms with Gasteiger partial charge in [0.1, 0.15) is 0 Å². The molecule has 0 bridgehead atoms. The standard InChI is InChI=1S/C5H11N2O3/c6-5(10)7(1-3-8)2-4-9/h6,8-9H,1-4H2. The van der Waals surface area contributed by atoms with Crippen LogP contribution < -0.4 is 5.73 Å². The molecular formula is C5H11N2O3. The van der Waals surface area contributed by atoms with Crippen molar-refractivity contribution in [3.63, 3.8) is 0 Å². The van der Waals surface area contributed by atoms with Gasteiger partial charge in [-0.05, 0) is 0 Å². The molecule has 0 saturated carbocycles. The summed E-state index contributed by atoms with van der Waals surface area (Å²) in [6.07, 6.45) is 0. The lowest BCUT2D eigenvalue weighted by atomic mass is 10.5. The van der Waals surface area contributed by atoms with Gasteiger partial charge in [0.05, 0.1) is 13.2 Å². The highest BCUT2D eigenvalue weighted by Crippen LogP contribution is 1.85. The predicted octanol–water partition coefficient (Wildman–Crippen LogP) is -1.32. The second-order valence-corrected chi connectivity index (χ2v) is 1.74. The highest BCUT2D eigenvalue weighted by Gasteiger charge is 2.06. The maximum Gasteiger partial charge on any atom is 0.336 e. The van der Waals surface area contributed by atoms with Gasteiger partial charge < -0.3 is 15.1 Å². The van der Waals surface area contributed by atoms with Crippen LogP contribution in [0.4, 0.5) is 4.79 Å². The van der Waals surface area contributed by atoms with Crippen LogP contribution in [0.3, 0.4) is 0 Å². The number of aliphatic hydroxyl groups excluding tert-OH is 2. The SMILES string of the molecule is [NH]C(=O)N(CCO)CCO. The summed E-state index contributed by atoms with van der Waals surface area (Å²) in [7, 11) is 0. The molecule has 0 aromatic rings. The van der Waals surface area contributed by atoms with Crippen LogP contribution in [0.25, 0.3) is 0 Å². The van der Waals surface area contributed by atoms with E-state index >= 15 is 0 Å². The Kier molecular flexibility index (Phi) is 4.61. The Morgan fingerprint density at radius 3 is 1.90 bits per heavy atom. The lowest BCUT2D eigenvalue weighted by Crippen LogP contribution is -2.35. The van der Waals surface area contributed by atoms with Gasteiger partial charge in [-0.25, -0.2) is 10.5 Å². The van der Waals surface area contributed by atoms with Crippen molar-refractivity contribution in [1.82, 2.24) is 10.6 Å². The van der Waals surface area contributed by atoms with E-state index in [9.17, 15) is 4.79 Å². The van der Waals surface area contributed by atoms with E-state index in [-0.39, 0.29) is 26.3 Å². The molecule has 0 aliphatic rings. The minimum Gasteiger partial charge on any atom is -0.395 e. The molecule has 0 aromatic carbocycles. The molecule has 59 valence electrons. The number of hydrogen-bond acceptors (Lipinski definition) is 3. The molecule has 2 amide bonds. The third kappa shape index (κ3) is 3.26. The van der Waals surface area contributed by atoms with E-state index < -0.39 is 6.03 Å². The highest BCUT2D eigenvalue weighted by atomic mass is 16.3. The Bertz CT molecular complexity index is 101. The van der Waals surface area contributed by atoms with Gasteiger partial charge in [0, 0.05) is 13.1 Å². The molecule has 0 aromatic heterocycles. The number of amides is 2. The van der Waals surface area contributed by atoms with Crippen LogP contribution >= 0.6 is 0 Å². The summed E-state index contributed by atoms with van der Waals surface area (Å²) >= 11 is 0. The normalized spacial score (nSPS) is 9.40. The number of nitrogens with zero attached hydrogens (tertiary/aromatic N) is 1. The fourth-order valence-corrected chi connectivity index (χ4v) is 0.556. The average Bonchev–Trinajstić information content (AvgIpc) is 1.87. The zero-order valence-corrected chi connectivity index (χ0v) is 5.58. The van der Waals surface area contributed by atoms with E-state index in [1.165, 1.54) is 0 Å². The molecule has 0 aliphatic carbocycles. The van der Waals surface area contributed by atoms with Crippen LogP contribution in [-0.2, 0) is 0 Å². The van der Waals surface area contributed by atoms with E-state index in [2.05, 4.69) is 0 Å². The van der Waals surface area contributed by atoms with Crippen molar-refractivity contribution in [2.24, 2.45) is 0 Å². The zero-order valence-electron chi connectivity index (χ0n) is 5.58. The van der Waals surface area contributed by atoms with Crippen LogP contribution in [0.5, 0.6) is 0 Å². The number of carbonyl (C=O) groups is 1. The quantitative estimate of drug-likeness (QED) is 0.517. The molecule has 0 fully saturated rings. The molecule has 5 nitrogen and oxygen atoms in total. The first kappa shape index (κ1) is 9.19. The van der Waals surface area contributed by atoms with Crippen molar-refractivity contribution in [2.45, 2.75) is 0 Å². The molecule has 3 N–H and O–H groups in total. The van der Waals surface area contributed by atoms with Gasteiger partial charge in [0.15, 0.2) is 0 Å². The van der Waals surface area contributed by atoms with Gasteiger partial charge in [-0.3, -0.25) is 0 Å². The number of rotatable bonds is 4. The largest absolute Gasteiger partial charge is 0.395 e. The summed E-state index contributed by atoms with van der Waals surface area (Å²) in [5.74, 6) is 0. The van der Waals surface area contributed by atoms with Gasteiger partial charge in [0.2, 0.25) is 0 Å². The van der Waals surface area contributed by atoms with Crippen molar-refractivity contribution >= 4 is 6.03 Å². The lowest BCUT2D eigenvalue weighted by molar-refractivity contribution is 0.164. The maximum atomic E-state index is 10.3. The predicted molar refractivity (Wildman–Crippen MR) is 34.2 cm³/mol. The van der Waals surface area contributed by atoms with Crippen LogP contribution in [-0.4, -0.2) is 47.4 Å². The number of carbonyl (C=O) groups excluding carboxylic acids is 1. The third-order valence-corrected chi connectivity index (χ3v) is 1.03.